The highest BCUT2D eigenvalue weighted by Gasteiger charge is 2.55. The van der Waals surface area contributed by atoms with E-state index in [0.717, 1.165) is 52.6 Å². The van der Waals surface area contributed by atoms with E-state index in [9.17, 15) is 4.79 Å². The van der Waals surface area contributed by atoms with Crippen LogP contribution < -0.4 is 0 Å². The zero-order chi connectivity index (χ0) is 53.1. The van der Waals surface area contributed by atoms with Crippen molar-refractivity contribution >= 4 is 5.97 Å². The van der Waals surface area contributed by atoms with Crippen LogP contribution in [0.3, 0.4) is 0 Å². The first-order valence-corrected chi connectivity index (χ1v) is 26.6. The highest BCUT2D eigenvalue weighted by Crippen LogP contribution is 2.37. The lowest BCUT2D eigenvalue weighted by Crippen LogP contribution is -2.66. The molecule has 6 aromatic carbocycles. The highest BCUT2D eigenvalue weighted by molar-refractivity contribution is 5.66. The summed E-state index contributed by atoms with van der Waals surface area (Å²) in [5.74, 6) is -0.578. The maximum Gasteiger partial charge on any atom is 0.303 e. The summed E-state index contributed by atoms with van der Waals surface area (Å²) >= 11 is 0. The Bertz CT molecular complexity index is 2600. The average Bonchev–Trinajstić information content (AvgIpc) is 3.51. The standard InChI is InChI=1S/C62H71N3O12/c1-46(66)74-60-58(73-43-52-34-20-9-21-35-52)56(71-41-50-30-16-7-17-31-50)54(45-68-39-48-26-12-5-13-27-48)76-62(60)77-59-57(72-42-51-32-18-8-19-33-51)55(70-40-49-28-14-6-15-29-49)53(44-67-38-47-24-10-4-11-25-47)75-61(59)69-37-23-3-2-22-36-64-65-63/h4-21,24-35,53-62H,2-3,22-23,36-45H2,1H3/t53-,54-,55-,56-,57+,58+,59+,60+,61+,62-/m1/s1. The van der Waals surface area contributed by atoms with E-state index in [-0.39, 0.29) is 46.2 Å². The molecule has 10 atom stereocenters. The van der Waals surface area contributed by atoms with Crippen molar-refractivity contribution in [3.8, 4) is 0 Å². The van der Waals surface area contributed by atoms with Crippen molar-refractivity contribution in [1.29, 1.82) is 0 Å². The number of hydrogen-bond donors (Lipinski definition) is 0. The van der Waals surface area contributed by atoms with Crippen molar-refractivity contribution in [1.82, 2.24) is 0 Å². The molecule has 0 unspecified atom stereocenters. The molecule has 15 heteroatoms. The monoisotopic (exact) mass is 1050 g/mol. The number of benzene rings is 6. The fourth-order valence-corrected chi connectivity index (χ4v) is 9.35. The Labute approximate surface area is 452 Å². The highest BCUT2D eigenvalue weighted by atomic mass is 16.8. The second-order valence-corrected chi connectivity index (χ2v) is 19.0. The van der Waals surface area contributed by atoms with E-state index >= 15 is 0 Å². The lowest BCUT2D eigenvalue weighted by atomic mass is 9.96. The summed E-state index contributed by atoms with van der Waals surface area (Å²) in [4.78, 5) is 16.4. The van der Waals surface area contributed by atoms with Crippen LogP contribution in [0.5, 0.6) is 0 Å². The van der Waals surface area contributed by atoms with Crippen molar-refractivity contribution in [2.75, 3.05) is 26.4 Å². The Morgan fingerprint density at radius 1 is 0.442 bits per heavy atom. The number of nitrogens with zero attached hydrogens (tertiary/aromatic N) is 3. The van der Waals surface area contributed by atoms with Crippen LogP contribution >= 0.6 is 0 Å². The number of carbonyl (C=O) groups is 1. The smallest absolute Gasteiger partial charge is 0.303 e. The number of ether oxygens (including phenoxy) is 11. The number of unbranched alkanes of at least 4 members (excludes halogenated alkanes) is 3. The van der Waals surface area contributed by atoms with Gasteiger partial charge in [0.1, 0.15) is 42.7 Å². The molecule has 0 aromatic heterocycles. The molecule has 0 aliphatic carbocycles. The molecule has 8 rings (SSSR count). The number of esters is 1. The second kappa shape index (κ2) is 31.8. The minimum Gasteiger partial charge on any atom is -0.454 e. The fraction of sp³-hybridized carbons (Fsp3) is 0.403. The van der Waals surface area contributed by atoms with Gasteiger partial charge in [0.2, 0.25) is 0 Å². The number of rotatable bonds is 31. The SMILES string of the molecule is CC(=O)O[C@@H]1[C@@H](O[C@@H]2[C@@H](OCCCCCCN=[N+]=[N-])O[C@H](COCc3ccccc3)[C@@H](OCc3ccccc3)[C@@H]2OCc2ccccc2)O[C@H](COCc2ccccc2)[C@@H](OCc2ccccc2)[C@@H]1OCc1ccccc1. The Hall–Kier alpha value is -6.30. The molecule has 2 aliphatic rings. The van der Waals surface area contributed by atoms with Gasteiger partial charge in [-0.05, 0) is 51.8 Å². The minimum atomic E-state index is -1.31. The topological polar surface area (TPSA) is 167 Å². The number of azide groups is 1. The van der Waals surface area contributed by atoms with Crippen molar-refractivity contribution in [3.05, 3.63) is 226 Å². The second-order valence-electron chi connectivity index (χ2n) is 19.0. The predicted octanol–water partition coefficient (Wildman–Crippen LogP) is 11.4. The van der Waals surface area contributed by atoms with E-state index in [0.29, 0.717) is 26.2 Å². The maximum absolute atomic E-state index is 13.5. The molecular weight excluding hydrogens is 979 g/mol. The molecule has 0 radical (unpaired) electrons. The van der Waals surface area contributed by atoms with Crippen LogP contribution in [-0.2, 0) is 96.5 Å². The number of hydrogen-bond acceptors (Lipinski definition) is 13. The first-order valence-electron chi connectivity index (χ1n) is 26.6. The Kier molecular flexibility index (Phi) is 23.5. The molecular formula is C62H71N3O12. The lowest BCUT2D eigenvalue weighted by molar-refractivity contribution is -0.380. The Balaban J connectivity index is 1.17. The van der Waals surface area contributed by atoms with E-state index in [2.05, 4.69) is 10.0 Å². The third-order valence-electron chi connectivity index (χ3n) is 13.2. The Morgan fingerprint density at radius 3 is 1.21 bits per heavy atom. The van der Waals surface area contributed by atoms with Gasteiger partial charge in [0.25, 0.3) is 0 Å². The summed E-state index contributed by atoms with van der Waals surface area (Å²) in [6.07, 6.45) is -6.57. The number of carbonyl (C=O) groups excluding carboxylic acids is 1. The van der Waals surface area contributed by atoms with E-state index < -0.39 is 67.4 Å². The van der Waals surface area contributed by atoms with E-state index in [1.54, 1.807) is 0 Å². The minimum absolute atomic E-state index is 0.0601. The quantitative estimate of drug-likeness (QED) is 0.0133. The molecule has 0 bridgehead atoms. The average molecular weight is 1050 g/mol. The zero-order valence-electron chi connectivity index (χ0n) is 43.7. The Morgan fingerprint density at radius 2 is 0.805 bits per heavy atom. The summed E-state index contributed by atoms with van der Waals surface area (Å²) in [5, 5.41) is 3.70. The molecule has 0 N–H and O–H groups in total. The molecule has 0 saturated carbocycles. The van der Waals surface area contributed by atoms with E-state index in [1.807, 2.05) is 182 Å². The zero-order valence-corrected chi connectivity index (χ0v) is 43.7. The molecule has 0 spiro atoms. The molecule has 2 fully saturated rings. The van der Waals surface area contributed by atoms with Gasteiger partial charge in [-0.25, -0.2) is 0 Å². The molecule has 2 heterocycles. The summed E-state index contributed by atoms with van der Waals surface area (Å²) in [6, 6.07) is 59.2. The molecule has 2 aliphatic heterocycles. The fourth-order valence-electron chi connectivity index (χ4n) is 9.35. The third kappa shape index (κ3) is 18.4. The van der Waals surface area contributed by atoms with Crippen LogP contribution in [0.4, 0.5) is 0 Å². The van der Waals surface area contributed by atoms with Gasteiger partial charge in [-0.3, -0.25) is 4.79 Å². The summed E-state index contributed by atoms with van der Waals surface area (Å²) in [5.41, 5.74) is 14.5. The van der Waals surface area contributed by atoms with E-state index in [4.69, 9.17) is 57.6 Å². The first-order chi connectivity index (χ1) is 38.0. The van der Waals surface area contributed by atoms with Gasteiger partial charge in [0, 0.05) is 25.0 Å². The van der Waals surface area contributed by atoms with Crippen LogP contribution in [0.25, 0.3) is 10.4 Å². The van der Waals surface area contributed by atoms with Gasteiger partial charge in [0.15, 0.2) is 18.7 Å². The van der Waals surface area contributed by atoms with Crippen molar-refractivity contribution in [3.63, 3.8) is 0 Å². The van der Waals surface area contributed by atoms with Gasteiger partial charge >= 0.3 is 5.97 Å². The summed E-state index contributed by atoms with van der Waals surface area (Å²) in [6.45, 7) is 3.62. The molecule has 15 nitrogen and oxygen atoms in total. The van der Waals surface area contributed by atoms with Crippen LogP contribution in [0.15, 0.2) is 187 Å². The van der Waals surface area contributed by atoms with E-state index in [1.165, 1.54) is 6.92 Å². The predicted molar refractivity (Wildman–Crippen MR) is 288 cm³/mol. The molecule has 6 aromatic rings. The van der Waals surface area contributed by atoms with Crippen molar-refractivity contribution < 1.29 is 56.9 Å². The van der Waals surface area contributed by atoms with Gasteiger partial charge in [0.05, 0.1) is 52.9 Å². The summed E-state index contributed by atoms with van der Waals surface area (Å²) in [7, 11) is 0. The van der Waals surface area contributed by atoms with Crippen LogP contribution in [0.1, 0.15) is 66.0 Å². The van der Waals surface area contributed by atoms with Gasteiger partial charge in [-0.1, -0.05) is 200 Å². The van der Waals surface area contributed by atoms with Gasteiger partial charge < -0.3 is 52.1 Å². The molecule has 77 heavy (non-hydrogen) atoms. The lowest BCUT2D eigenvalue weighted by Gasteiger charge is -2.50. The van der Waals surface area contributed by atoms with Crippen LogP contribution in [0.2, 0.25) is 0 Å². The normalized spacial score (nSPS) is 23.2. The molecule has 0 amide bonds. The van der Waals surface area contributed by atoms with Crippen molar-refractivity contribution in [2.24, 2.45) is 5.11 Å². The first kappa shape index (κ1) is 56.9. The largest absolute Gasteiger partial charge is 0.454 e. The summed E-state index contributed by atoms with van der Waals surface area (Å²) < 4.78 is 75.3. The van der Waals surface area contributed by atoms with Crippen molar-refractivity contribution in [2.45, 2.75) is 134 Å². The molecule has 406 valence electrons. The third-order valence-corrected chi connectivity index (χ3v) is 13.2. The van der Waals surface area contributed by atoms with Gasteiger partial charge in [-0.2, -0.15) is 0 Å². The van der Waals surface area contributed by atoms with Gasteiger partial charge in [-0.15, -0.1) is 0 Å². The molecule has 2 saturated heterocycles. The van der Waals surface area contributed by atoms with Crippen LogP contribution in [-0.4, -0.2) is 93.7 Å². The van der Waals surface area contributed by atoms with Crippen LogP contribution in [0, 0.1) is 0 Å². The maximum atomic E-state index is 13.5.